The van der Waals surface area contributed by atoms with Crippen molar-refractivity contribution in [2.45, 2.75) is 37.0 Å². The lowest BCUT2D eigenvalue weighted by molar-refractivity contribution is 0.0692. The van der Waals surface area contributed by atoms with E-state index in [4.69, 9.17) is 0 Å². The molecule has 0 fully saturated rings. The van der Waals surface area contributed by atoms with Crippen molar-refractivity contribution in [3.63, 3.8) is 0 Å². The number of aryl methyl sites for hydroxylation is 3. The maximum absolute atomic E-state index is 11.4. The van der Waals surface area contributed by atoms with Crippen LogP contribution >= 0.6 is 11.8 Å². The summed E-state index contributed by atoms with van der Waals surface area (Å²) in [5.41, 5.74) is 4.97. The van der Waals surface area contributed by atoms with Crippen LogP contribution < -0.4 is 0 Å². The maximum atomic E-state index is 11.4. The summed E-state index contributed by atoms with van der Waals surface area (Å²) >= 11 is 1.52. The Labute approximate surface area is 128 Å². The Morgan fingerprint density at radius 3 is 2.90 bits per heavy atom. The first-order chi connectivity index (χ1) is 10.1. The number of carboxylic acid groups (broad SMARTS) is 1. The topological polar surface area (TPSA) is 50.2 Å². The van der Waals surface area contributed by atoms with E-state index in [1.54, 1.807) is 0 Å². The number of benzene rings is 1. The molecular formula is C17H17NO2S. The summed E-state index contributed by atoms with van der Waals surface area (Å²) in [5.74, 6) is -0.136. The van der Waals surface area contributed by atoms with E-state index in [1.165, 1.54) is 22.9 Å². The average Bonchev–Trinajstić information content (AvgIpc) is 2.92. The lowest BCUT2D eigenvalue weighted by Crippen LogP contribution is -2.04. The van der Waals surface area contributed by atoms with Crippen LogP contribution in [0.15, 0.2) is 35.4 Å². The first-order valence-corrected chi connectivity index (χ1v) is 8.07. The number of carbonyl (C=O) groups is 1. The van der Waals surface area contributed by atoms with Crippen molar-refractivity contribution >= 4 is 17.7 Å². The normalized spacial score (nSPS) is 13.2. The predicted octanol–water partition coefficient (Wildman–Crippen LogP) is 3.87. The van der Waals surface area contributed by atoms with Crippen LogP contribution in [0.4, 0.5) is 0 Å². The van der Waals surface area contributed by atoms with Gasteiger partial charge in [0.05, 0.1) is 5.56 Å². The highest BCUT2D eigenvalue weighted by atomic mass is 32.2. The van der Waals surface area contributed by atoms with Crippen LogP contribution in [-0.2, 0) is 18.6 Å². The lowest BCUT2D eigenvalue weighted by Gasteiger charge is -2.09. The molecule has 108 valence electrons. The van der Waals surface area contributed by atoms with Gasteiger partial charge >= 0.3 is 5.97 Å². The molecule has 0 radical (unpaired) electrons. The first kappa shape index (κ1) is 14.1. The highest BCUT2D eigenvalue weighted by molar-refractivity contribution is 7.98. The minimum absolute atomic E-state index is 0.342. The van der Waals surface area contributed by atoms with Crippen LogP contribution in [0.5, 0.6) is 0 Å². The molecule has 1 aromatic heterocycles. The largest absolute Gasteiger partial charge is 0.478 e. The number of aromatic carboxylic acids is 1. The van der Waals surface area contributed by atoms with Crippen molar-refractivity contribution in [2.24, 2.45) is 0 Å². The second kappa shape index (κ2) is 5.90. The molecule has 0 spiro atoms. The van der Waals surface area contributed by atoms with Gasteiger partial charge in [-0.1, -0.05) is 24.3 Å². The van der Waals surface area contributed by atoms with E-state index in [9.17, 15) is 9.90 Å². The fourth-order valence-electron chi connectivity index (χ4n) is 2.63. The number of thioether (sulfide) groups is 1. The van der Waals surface area contributed by atoms with Gasteiger partial charge in [0.1, 0.15) is 5.03 Å². The monoisotopic (exact) mass is 299 g/mol. The van der Waals surface area contributed by atoms with Gasteiger partial charge in [-0.3, -0.25) is 0 Å². The van der Waals surface area contributed by atoms with E-state index in [0.29, 0.717) is 10.6 Å². The second-order valence-electron chi connectivity index (χ2n) is 5.32. The molecule has 1 aromatic carbocycles. The van der Waals surface area contributed by atoms with E-state index < -0.39 is 5.97 Å². The number of pyridine rings is 1. The van der Waals surface area contributed by atoms with E-state index in [0.717, 1.165) is 36.3 Å². The molecule has 0 saturated carbocycles. The summed E-state index contributed by atoms with van der Waals surface area (Å²) in [6.07, 6.45) is 2.99. The molecule has 1 N–H and O–H groups in total. The smallest absolute Gasteiger partial charge is 0.338 e. The number of nitrogens with zero attached hydrogens (tertiary/aromatic N) is 1. The number of aromatic nitrogens is 1. The van der Waals surface area contributed by atoms with Crippen molar-refractivity contribution in [3.05, 3.63) is 58.3 Å². The van der Waals surface area contributed by atoms with Crippen LogP contribution in [0.2, 0.25) is 0 Å². The van der Waals surface area contributed by atoms with Gasteiger partial charge in [0.25, 0.3) is 0 Å². The van der Waals surface area contributed by atoms with Crippen LogP contribution in [-0.4, -0.2) is 16.1 Å². The molecule has 0 atom stereocenters. The van der Waals surface area contributed by atoms with E-state index in [1.807, 2.05) is 18.2 Å². The van der Waals surface area contributed by atoms with E-state index in [-0.39, 0.29) is 0 Å². The van der Waals surface area contributed by atoms with Gasteiger partial charge < -0.3 is 5.11 Å². The first-order valence-electron chi connectivity index (χ1n) is 7.08. The summed E-state index contributed by atoms with van der Waals surface area (Å²) in [6.45, 7) is 2.07. The summed E-state index contributed by atoms with van der Waals surface area (Å²) in [7, 11) is 0. The molecule has 0 unspecified atom stereocenters. The molecule has 4 heteroatoms. The van der Waals surface area contributed by atoms with Crippen LogP contribution in [0.3, 0.4) is 0 Å². The minimum Gasteiger partial charge on any atom is -0.478 e. The molecule has 2 aromatic rings. The quantitative estimate of drug-likeness (QED) is 0.871. The van der Waals surface area contributed by atoms with Gasteiger partial charge in [-0.15, -0.1) is 11.8 Å². The third-order valence-corrected chi connectivity index (χ3v) is 4.91. The zero-order valence-corrected chi connectivity index (χ0v) is 12.7. The number of hydrogen-bond donors (Lipinski definition) is 1. The molecule has 1 heterocycles. The maximum Gasteiger partial charge on any atom is 0.338 e. The van der Waals surface area contributed by atoms with Crippen LogP contribution in [0.25, 0.3) is 0 Å². The Hall–Kier alpha value is -1.81. The zero-order chi connectivity index (χ0) is 14.8. The predicted molar refractivity (Wildman–Crippen MR) is 84.0 cm³/mol. The number of fused-ring (bicyclic) bond motifs is 1. The third-order valence-electron chi connectivity index (χ3n) is 3.87. The molecule has 1 aliphatic carbocycles. The second-order valence-corrected chi connectivity index (χ2v) is 6.28. The fourth-order valence-corrected chi connectivity index (χ4v) is 3.73. The van der Waals surface area contributed by atoms with Crippen molar-refractivity contribution in [3.8, 4) is 0 Å². The fraction of sp³-hybridized carbons (Fsp3) is 0.294. The molecular weight excluding hydrogens is 282 g/mol. The lowest BCUT2D eigenvalue weighted by atomic mass is 10.1. The molecule has 1 aliphatic rings. The van der Waals surface area contributed by atoms with Crippen LogP contribution in [0.1, 0.15) is 39.2 Å². The molecule has 3 nitrogen and oxygen atoms in total. The van der Waals surface area contributed by atoms with E-state index >= 15 is 0 Å². The standard InChI is InChI=1S/C17H17NO2S/c1-11-5-2-3-6-13(11)10-21-16-14(17(19)20)9-12-7-4-8-15(12)18-16/h2-3,5-6,9H,4,7-8,10H2,1H3,(H,19,20). The SMILES string of the molecule is Cc1ccccc1CSc1nc2c(cc1C(=O)O)CCC2. The summed E-state index contributed by atoms with van der Waals surface area (Å²) in [6, 6.07) is 10.00. The average molecular weight is 299 g/mol. The van der Waals surface area contributed by atoms with Crippen molar-refractivity contribution in [1.82, 2.24) is 4.98 Å². The van der Waals surface area contributed by atoms with Gasteiger partial charge in [-0.2, -0.15) is 0 Å². The van der Waals surface area contributed by atoms with Crippen molar-refractivity contribution < 1.29 is 9.90 Å². The molecule has 0 amide bonds. The third kappa shape index (κ3) is 2.95. The number of carboxylic acids is 1. The zero-order valence-electron chi connectivity index (χ0n) is 11.9. The van der Waals surface area contributed by atoms with Gasteiger partial charge in [0.15, 0.2) is 0 Å². The Morgan fingerprint density at radius 2 is 2.14 bits per heavy atom. The van der Waals surface area contributed by atoms with Crippen molar-refractivity contribution in [1.29, 1.82) is 0 Å². The van der Waals surface area contributed by atoms with Gasteiger partial charge in [-0.05, 0) is 48.9 Å². The number of hydrogen-bond acceptors (Lipinski definition) is 3. The summed E-state index contributed by atoms with van der Waals surface area (Å²) < 4.78 is 0. The molecule has 21 heavy (non-hydrogen) atoms. The molecule has 3 rings (SSSR count). The molecule has 0 bridgehead atoms. The highest BCUT2D eigenvalue weighted by Gasteiger charge is 2.20. The van der Waals surface area contributed by atoms with Gasteiger partial charge in [-0.25, -0.2) is 9.78 Å². The summed E-state index contributed by atoms with van der Waals surface area (Å²) in [5, 5.41) is 10.0. The van der Waals surface area contributed by atoms with Crippen molar-refractivity contribution in [2.75, 3.05) is 0 Å². The number of rotatable bonds is 4. The Balaban J connectivity index is 1.88. The Morgan fingerprint density at radius 1 is 1.33 bits per heavy atom. The van der Waals surface area contributed by atoms with Gasteiger partial charge in [0.2, 0.25) is 0 Å². The van der Waals surface area contributed by atoms with E-state index in [2.05, 4.69) is 24.0 Å². The molecule has 0 saturated heterocycles. The molecule has 0 aliphatic heterocycles. The van der Waals surface area contributed by atoms with Crippen LogP contribution in [0, 0.1) is 6.92 Å². The Bertz CT molecular complexity index is 697. The Kier molecular flexibility index (Phi) is 3.97. The minimum atomic E-state index is -0.885. The highest BCUT2D eigenvalue weighted by Crippen LogP contribution is 2.30. The van der Waals surface area contributed by atoms with Gasteiger partial charge in [0, 0.05) is 11.4 Å². The summed E-state index contributed by atoms with van der Waals surface area (Å²) in [4.78, 5) is 16.0.